The summed E-state index contributed by atoms with van der Waals surface area (Å²) < 4.78 is 9.22. The lowest BCUT2D eigenvalue weighted by Crippen LogP contribution is -1.99. The molecule has 166 valence electrons. The summed E-state index contributed by atoms with van der Waals surface area (Å²) in [5, 5.41) is 22.5. The van der Waals surface area contributed by atoms with Gasteiger partial charge in [-0.05, 0) is 67.3 Å². The number of hydrogen-bond donors (Lipinski definition) is 1. The lowest BCUT2D eigenvalue weighted by molar-refractivity contribution is -0.384. The molecule has 0 spiro atoms. The second kappa shape index (κ2) is 10.2. The van der Waals surface area contributed by atoms with Crippen molar-refractivity contribution in [1.82, 2.24) is 14.9 Å². The van der Waals surface area contributed by atoms with E-state index in [0.29, 0.717) is 30.9 Å². The SMILES string of the molecule is O=[N+]([O-])c1cccc(COc2c(Br)cc(/C=N\n3c(-c4ccccc4)n[nH]c3=S)cc2Br)c1. The molecule has 0 unspecified atom stereocenters. The summed E-state index contributed by atoms with van der Waals surface area (Å²) >= 11 is 12.4. The van der Waals surface area contributed by atoms with Crippen molar-refractivity contribution in [2.75, 3.05) is 0 Å². The van der Waals surface area contributed by atoms with Gasteiger partial charge < -0.3 is 4.74 Å². The van der Waals surface area contributed by atoms with Crippen LogP contribution >= 0.6 is 44.1 Å². The number of aromatic nitrogens is 3. The molecule has 1 heterocycles. The molecule has 8 nitrogen and oxygen atoms in total. The van der Waals surface area contributed by atoms with Crippen LogP contribution in [0, 0.1) is 14.9 Å². The first-order valence-corrected chi connectivity index (χ1v) is 11.5. The second-order valence-corrected chi connectivity index (χ2v) is 8.90. The van der Waals surface area contributed by atoms with E-state index >= 15 is 0 Å². The van der Waals surface area contributed by atoms with Crippen molar-refractivity contribution >= 4 is 56.0 Å². The third-order valence-electron chi connectivity index (χ3n) is 4.53. The van der Waals surface area contributed by atoms with Gasteiger partial charge in [0.05, 0.1) is 20.1 Å². The van der Waals surface area contributed by atoms with Gasteiger partial charge in [0, 0.05) is 17.7 Å². The van der Waals surface area contributed by atoms with Crippen molar-refractivity contribution in [2.24, 2.45) is 5.10 Å². The van der Waals surface area contributed by atoms with Gasteiger partial charge in [-0.25, -0.2) is 5.10 Å². The fraction of sp³-hybridized carbons (Fsp3) is 0.0455. The van der Waals surface area contributed by atoms with Crippen LogP contribution in [-0.4, -0.2) is 26.0 Å². The van der Waals surface area contributed by atoms with Gasteiger partial charge in [0.1, 0.15) is 12.4 Å². The molecule has 0 aliphatic rings. The van der Waals surface area contributed by atoms with Crippen molar-refractivity contribution < 1.29 is 9.66 Å². The first-order valence-electron chi connectivity index (χ1n) is 9.55. The summed E-state index contributed by atoms with van der Waals surface area (Å²) in [4.78, 5) is 10.5. The highest BCUT2D eigenvalue weighted by Crippen LogP contribution is 2.35. The van der Waals surface area contributed by atoms with E-state index < -0.39 is 4.92 Å². The molecule has 33 heavy (non-hydrogen) atoms. The number of H-pyrrole nitrogens is 1. The van der Waals surface area contributed by atoms with Crippen molar-refractivity contribution in [1.29, 1.82) is 0 Å². The largest absolute Gasteiger partial charge is 0.487 e. The van der Waals surface area contributed by atoms with Gasteiger partial charge in [0.2, 0.25) is 4.77 Å². The quantitative estimate of drug-likeness (QED) is 0.115. The molecule has 4 rings (SSSR count). The fourth-order valence-electron chi connectivity index (χ4n) is 3.00. The van der Waals surface area contributed by atoms with Crippen molar-refractivity contribution in [2.45, 2.75) is 6.61 Å². The molecule has 11 heteroatoms. The van der Waals surface area contributed by atoms with Crippen molar-refractivity contribution in [3.63, 3.8) is 0 Å². The Balaban J connectivity index is 1.54. The zero-order valence-corrected chi connectivity index (χ0v) is 20.8. The highest BCUT2D eigenvalue weighted by Gasteiger charge is 2.12. The van der Waals surface area contributed by atoms with Crippen LogP contribution in [0.5, 0.6) is 5.75 Å². The van der Waals surface area contributed by atoms with Crippen LogP contribution < -0.4 is 4.74 Å². The lowest BCUT2D eigenvalue weighted by atomic mass is 10.2. The molecule has 1 aromatic heterocycles. The number of nitro benzene ring substituents is 1. The highest BCUT2D eigenvalue weighted by atomic mass is 79.9. The predicted molar refractivity (Wildman–Crippen MR) is 135 cm³/mol. The molecule has 0 radical (unpaired) electrons. The molecule has 0 saturated heterocycles. The summed E-state index contributed by atoms with van der Waals surface area (Å²) in [7, 11) is 0. The molecule has 1 N–H and O–H groups in total. The Morgan fingerprint density at radius 2 is 1.85 bits per heavy atom. The van der Waals surface area contributed by atoms with Gasteiger partial charge in [-0.15, -0.1) is 0 Å². The number of halogens is 2. The molecular weight excluding hydrogens is 574 g/mol. The van der Waals surface area contributed by atoms with Gasteiger partial charge in [0.25, 0.3) is 5.69 Å². The molecule has 0 aliphatic carbocycles. The van der Waals surface area contributed by atoms with Crippen molar-refractivity contribution in [3.8, 4) is 17.1 Å². The number of benzene rings is 3. The average molecular weight is 589 g/mol. The number of nitrogens with one attached hydrogen (secondary N) is 1. The monoisotopic (exact) mass is 587 g/mol. The first kappa shape index (κ1) is 23.0. The minimum absolute atomic E-state index is 0.0218. The Hall–Kier alpha value is -3.15. The number of ether oxygens (including phenoxy) is 1. The van der Waals surface area contributed by atoms with Crippen LogP contribution in [0.15, 0.2) is 80.8 Å². The van der Waals surface area contributed by atoms with E-state index in [1.165, 1.54) is 12.1 Å². The fourth-order valence-corrected chi connectivity index (χ4v) is 4.63. The minimum Gasteiger partial charge on any atom is -0.487 e. The molecule has 4 aromatic rings. The molecule has 0 saturated carbocycles. The third kappa shape index (κ3) is 5.44. The van der Waals surface area contributed by atoms with E-state index in [9.17, 15) is 10.1 Å². The Bertz CT molecular complexity index is 1380. The highest BCUT2D eigenvalue weighted by molar-refractivity contribution is 9.11. The maximum Gasteiger partial charge on any atom is 0.269 e. The summed E-state index contributed by atoms with van der Waals surface area (Å²) in [6.45, 7) is 0.178. The van der Waals surface area contributed by atoms with Crippen LogP contribution in [0.2, 0.25) is 0 Å². The Kier molecular flexibility index (Phi) is 7.11. The van der Waals surface area contributed by atoms with Gasteiger partial charge in [-0.2, -0.15) is 14.9 Å². The van der Waals surface area contributed by atoms with E-state index in [1.807, 2.05) is 42.5 Å². The standard InChI is InChI=1S/C22H15Br2N5O3S/c23-18-10-15(12-25-28-21(26-27-22(28)33)16-6-2-1-3-7-16)11-19(24)20(18)32-13-14-5-4-8-17(9-14)29(30)31/h1-12H,13H2,(H,27,33)/b25-12-. The smallest absolute Gasteiger partial charge is 0.269 e. The molecule has 0 amide bonds. The van der Waals surface area contributed by atoms with Crippen LogP contribution in [0.3, 0.4) is 0 Å². The second-order valence-electron chi connectivity index (χ2n) is 6.80. The van der Waals surface area contributed by atoms with Crippen LogP contribution in [-0.2, 0) is 6.61 Å². The third-order valence-corrected chi connectivity index (χ3v) is 5.97. The number of hydrogen-bond acceptors (Lipinski definition) is 6. The summed E-state index contributed by atoms with van der Waals surface area (Å²) in [5.41, 5.74) is 2.39. The lowest BCUT2D eigenvalue weighted by Gasteiger charge is -2.11. The summed E-state index contributed by atoms with van der Waals surface area (Å²) in [5.74, 6) is 1.18. The van der Waals surface area contributed by atoms with E-state index in [2.05, 4.69) is 47.2 Å². The van der Waals surface area contributed by atoms with Gasteiger partial charge >= 0.3 is 0 Å². The van der Waals surface area contributed by atoms with E-state index in [-0.39, 0.29) is 12.3 Å². The van der Waals surface area contributed by atoms with Crippen molar-refractivity contribution in [3.05, 3.63) is 102 Å². The van der Waals surface area contributed by atoms with Gasteiger partial charge in [0.15, 0.2) is 5.82 Å². The molecule has 3 aromatic carbocycles. The average Bonchev–Trinajstić information content (AvgIpc) is 3.18. The number of nitro groups is 1. The maximum absolute atomic E-state index is 11.0. The molecular formula is C22H15Br2N5O3S. The zero-order chi connectivity index (χ0) is 23.4. The zero-order valence-electron chi connectivity index (χ0n) is 16.8. The molecule has 0 fully saturated rings. The summed E-state index contributed by atoms with van der Waals surface area (Å²) in [6, 6.07) is 19.7. The number of aromatic amines is 1. The summed E-state index contributed by atoms with van der Waals surface area (Å²) in [6.07, 6.45) is 1.66. The Morgan fingerprint density at radius 1 is 1.12 bits per heavy atom. The first-order chi connectivity index (χ1) is 15.9. The number of non-ortho nitro benzene ring substituents is 1. The molecule has 0 aliphatic heterocycles. The van der Waals surface area contributed by atoms with Crippen LogP contribution in [0.1, 0.15) is 11.1 Å². The minimum atomic E-state index is -0.432. The van der Waals surface area contributed by atoms with Gasteiger partial charge in [-0.1, -0.05) is 42.5 Å². The normalized spacial score (nSPS) is 11.1. The Morgan fingerprint density at radius 3 is 2.55 bits per heavy atom. The van der Waals surface area contributed by atoms with E-state index in [0.717, 1.165) is 11.1 Å². The van der Waals surface area contributed by atoms with Gasteiger partial charge in [-0.3, -0.25) is 10.1 Å². The van der Waals surface area contributed by atoms with E-state index in [4.69, 9.17) is 17.0 Å². The van der Waals surface area contributed by atoms with E-state index in [1.54, 1.807) is 23.0 Å². The van der Waals surface area contributed by atoms with Crippen LogP contribution in [0.25, 0.3) is 11.4 Å². The Labute approximate surface area is 210 Å². The maximum atomic E-state index is 11.0. The van der Waals surface area contributed by atoms with Crippen LogP contribution in [0.4, 0.5) is 5.69 Å². The molecule has 0 atom stereocenters. The topological polar surface area (TPSA) is 98.3 Å². The number of rotatable bonds is 7. The molecule has 0 bridgehead atoms. The number of nitrogens with zero attached hydrogens (tertiary/aromatic N) is 4. The predicted octanol–water partition coefficient (Wildman–Crippen LogP) is 6.50.